The monoisotopic (exact) mass is 331 g/mol. The van der Waals surface area contributed by atoms with Gasteiger partial charge in [-0.05, 0) is 42.3 Å². The molecule has 6 heteroatoms. The van der Waals surface area contributed by atoms with Crippen molar-refractivity contribution in [3.05, 3.63) is 71.3 Å². The normalized spacial score (nSPS) is 11.1. The molecule has 0 saturated carbocycles. The second-order valence-corrected chi connectivity index (χ2v) is 4.98. The van der Waals surface area contributed by atoms with Crippen molar-refractivity contribution < 1.29 is 23.1 Å². The third-order valence-corrected chi connectivity index (χ3v) is 3.31. The summed E-state index contributed by atoms with van der Waals surface area (Å²) in [6, 6.07) is 9.76. The largest absolute Gasteiger partial charge is 0.465 e. The highest BCUT2D eigenvalue weighted by Gasteiger charge is 2.12. The maximum atomic E-state index is 13.3. The van der Waals surface area contributed by atoms with E-state index >= 15 is 0 Å². The summed E-state index contributed by atoms with van der Waals surface area (Å²) in [6.07, 6.45) is 1.24. The molecule has 1 amide bonds. The Bertz CT molecular complexity index is 816. The Labute approximate surface area is 137 Å². The number of carbonyl (C=O) groups is 2. The first-order chi connectivity index (χ1) is 11.4. The van der Waals surface area contributed by atoms with E-state index in [1.165, 1.54) is 25.3 Å². The van der Waals surface area contributed by atoms with E-state index in [1.54, 1.807) is 25.1 Å². The minimum atomic E-state index is -0.989. The summed E-state index contributed by atoms with van der Waals surface area (Å²) in [7, 11) is 1.24. The lowest BCUT2D eigenvalue weighted by Crippen LogP contribution is -2.13. The molecule has 0 aliphatic carbocycles. The van der Waals surface area contributed by atoms with Gasteiger partial charge in [-0.15, -0.1) is 0 Å². The van der Waals surface area contributed by atoms with E-state index in [9.17, 15) is 18.4 Å². The van der Waals surface area contributed by atoms with Crippen LogP contribution in [0, 0.1) is 11.6 Å². The van der Waals surface area contributed by atoms with Gasteiger partial charge in [0.1, 0.15) is 0 Å². The maximum absolute atomic E-state index is 13.3. The van der Waals surface area contributed by atoms with Crippen LogP contribution in [0.3, 0.4) is 0 Å². The Balaban J connectivity index is 2.21. The zero-order valence-electron chi connectivity index (χ0n) is 13.1. The van der Waals surface area contributed by atoms with E-state index in [0.717, 1.165) is 12.1 Å². The fourth-order valence-corrected chi connectivity index (χ4v) is 2.07. The molecular formula is C18H15F2NO3. The molecule has 0 aromatic heterocycles. The zero-order chi connectivity index (χ0) is 17.7. The van der Waals surface area contributed by atoms with Crippen LogP contribution in [0.25, 0.3) is 5.57 Å². The quantitative estimate of drug-likeness (QED) is 0.685. The molecule has 0 spiro atoms. The molecule has 0 radical (unpaired) electrons. The Morgan fingerprint density at radius 1 is 1.08 bits per heavy atom. The summed E-state index contributed by atoms with van der Waals surface area (Å²) in [6.45, 7) is 1.60. The molecule has 1 N–H and O–H groups in total. The van der Waals surface area contributed by atoms with Crippen LogP contribution >= 0.6 is 0 Å². The van der Waals surface area contributed by atoms with Crippen LogP contribution in [-0.2, 0) is 9.53 Å². The van der Waals surface area contributed by atoms with Gasteiger partial charge in [0.2, 0.25) is 5.91 Å². The number of esters is 1. The number of rotatable bonds is 4. The van der Waals surface area contributed by atoms with Gasteiger partial charge in [-0.2, -0.15) is 0 Å². The van der Waals surface area contributed by atoms with Crippen LogP contribution in [0.4, 0.5) is 14.5 Å². The van der Waals surface area contributed by atoms with Crippen molar-refractivity contribution in [2.45, 2.75) is 6.92 Å². The first-order valence-electron chi connectivity index (χ1n) is 7.04. The van der Waals surface area contributed by atoms with Crippen molar-refractivity contribution in [1.29, 1.82) is 0 Å². The molecule has 2 aromatic carbocycles. The number of halogens is 2. The number of ether oxygens (including phenoxy) is 1. The minimum absolute atomic E-state index is 0.215. The number of nitrogens with one attached hydrogen (secondary N) is 1. The van der Waals surface area contributed by atoms with E-state index in [0.29, 0.717) is 16.8 Å². The molecule has 2 aromatic rings. The molecule has 0 bridgehead atoms. The molecule has 124 valence electrons. The molecule has 0 fully saturated rings. The molecule has 0 aliphatic rings. The van der Waals surface area contributed by atoms with Crippen LogP contribution in [-0.4, -0.2) is 19.0 Å². The third kappa shape index (κ3) is 4.04. The maximum Gasteiger partial charge on any atom is 0.339 e. The molecule has 0 aliphatic heterocycles. The minimum Gasteiger partial charge on any atom is -0.465 e. The number of carbonyl (C=O) groups excluding carboxylic acids is 2. The van der Waals surface area contributed by atoms with Crippen molar-refractivity contribution in [2.75, 3.05) is 12.4 Å². The Morgan fingerprint density at radius 2 is 1.79 bits per heavy atom. The molecule has 0 saturated heterocycles. The van der Waals surface area contributed by atoms with Gasteiger partial charge in [-0.25, -0.2) is 13.6 Å². The summed E-state index contributed by atoms with van der Waals surface area (Å²) < 4.78 is 30.8. The number of amides is 1. The highest BCUT2D eigenvalue weighted by molar-refractivity contribution is 6.07. The van der Waals surface area contributed by atoms with Crippen molar-refractivity contribution in [1.82, 2.24) is 0 Å². The van der Waals surface area contributed by atoms with Crippen LogP contribution in [0.2, 0.25) is 0 Å². The number of anilines is 1. The molecule has 0 heterocycles. The number of hydrogen-bond donors (Lipinski definition) is 1. The first kappa shape index (κ1) is 17.3. The average molecular weight is 331 g/mol. The Morgan fingerprint density at radius 3 is 2.46 bits per heavy atom. The highest BCUT2D eigenvalue weighted by Crippen LogP contribution is 2.19. The third-order valence-electron chi connectivity index (χ3n) is 3.31. The molecule has 0 unspecified atom stereocenters. The summed E-state index contributed by atoms with van der Waals surface area (Å²) in [5.74, 6) is -3.03. The highest BCUT2D eigenvalue weighted by atomic mass is 19.2. The van der Waals surface area contributed by atoms with Gasteiger partial charge in [0.15, 0.2) is 11.6 Å². The molecule has 0 atom stereocenters. The lowest BCUT2D eigenvalue weighted by Gasteiger charge is -2.08. The van der Waals surface area contributed by atoms with E-state index in [4.69, 9.17) is 0 Å². The lowest BCUT2D eigenvalue weighted by molar-refractivity contribution is -0.111. The average Bonchev–Trinajstić information content (AvgIpc) is 2.57. The number of methoxy groups -OCH3 is 1. The molecule has 24 heavy (non-hydrogen) atoms. The predicted molar refractivity (Wildman–Crippen MR) is 86.4 cm³/mol. The summed E-state index contributed by atoms with van der Waals surface area (Å²) in [5, 5.41) is 2.57. The van der Waals surface area contributed by atoms with E-state index in [-0.39, 0.29) is 5.56 Å². The molecule has 4 nitrogen and oxygen atoms in total. The summed E-state index contributed by atoms with van der Waals surface area (Å²) in [5.41, 5.74) is 1.34. The van der Waals surface area contributed by atoms with E-state index < -0.39 is 23.5 Å². The number of allylic oxidation sites excluding steroid dienone is 1. The van der Waals surface area contributed by atoms with Gasteiger partial charge < -0.3 is 10.1 Å². The SMILES string of the molecule is COC(=O)c1ccccc1NC(=O)/C=C(/C)c1ccc(F)c(F)c1. The summed E-state index contributed by atoms with van der Waals surface area (Å²) in [4.78, 5) is 23.8. The number of para-hydroxylation sites is 1. The first-order valence-corrected chi connectivity index (χ1v) is 7.04. The zero-order valence-corrected chi connectivity index (χ0v) is 13.1. The Kier molecular flexibility index (Phi) is 5.42. The van der Waals surface area contributed by atoms with Gasteiger partial charge in [0.05, 0.1) is 18.4 Å². The van der Waals surface area contributed by atoms with Crippen LogP contribution in [0.1, 0.15) is 22.8 Å². The Hall–Kier alpha value is -3.02. The fourth-order valence-electron chi connectivity index (χ4n) is 2.07. The number of hydrogen-bond acceptors (Lipinski definition) is 3. The van der Waals surface area contributed by atoms with Gasteiger partial charge in [-0.3, -0.25) is 4.79 Å². The van der Waals surface area contributed by atoms with Crippen LogP contribution in [0.15, 0.2) is 48.5 Å². The van der Waals surface area contributed by atoms with Gasteiger partial charge in [-0.1, -0.05) is 18.2 Å². The van der Waals surface area contributed by atoms with Crippen molar-refractivity contribution in [2.24, 2.45) is 0 Å². The van der Waals surface area contributed by atoms with Gasteiger partial charge in [0.25, 0.3) is 0 Å². The topological polar surface area (TPSA) is 55.4 Å². The fraction of sp³-hybridized carbons (Fsp3) is 0.111. The standard InChI is InChI=1S/C18H15F2NO3/c1-11(12-7-8-14(19)15(20)10-12)9-17(22)21-16-6-4-3-5-13(16)18(23)24-2/h3-10H,1-2H3,(H,21,22)/b11-9-. The van der Waals surface area contributed by atoms with Crippen LogP contribution in [0.5, 0.6) is 0 Å². The van der Waals surface area contributed by atoms with Crippen molar-refractivity contribution in [3.8, 4) is 0 Å². The van der Waals surface area contributed by atoms with E-state index in [1.807, 2.05) is 0 Å². The molecular weight excluding hydrogens is 316 g/mol. The second kappa shape index (κ2) is 7.50. The summed E-state index contributed by atoms with van der Waals surface area (Å²) >= 11 is 0. The number of benzene rings is 2. The smallest absolute Gasteiger partial charge is 0.339 e. The molecule has 2 rings (SSSR count). The second-order valence-electron chi connectivity index (χ2n) is 4.98. The lowest BCUT2D eigenvalue weighted by atomic mass is 10.1. The van der Waals surface area contributed by atoms with Gasteiger partial charge >= 0.3 is 5.97 Å². The van der Waals surface area contributed by atoms with Crippen LogP contribution < -0.4 is 5.32 Å². The van der Waals surface area contributed by atoms with Crippen molar-refractivity contribution >= 4 is 23.1 Å². The predicted octanol–water partition coefficient (Wildman–Crippen LogP) is 3.79. The van der Waals surface area contributed by atoms with Gasteiger partial charge in [0, 0.05) is 6.08 Å². The van der Waals surface area contributed by atoms with E-state index in [2.05, 4.69) is 10.1 Å². The van der Waals surface area contributed by atoms with Crippen molar-refractivity contribution in [3.63, 3.8) is 0 Å².